The van der Waals surface area contributed by atoms with Crippen molar-refractivity contribution in [1.29, 1.82) is 0 Å². The summed E-state index contributed by atoms with van der Waals surface area (Å²) in [7, 11) is 0. The van der Waals surface area contributed by atoms with Gasteiger partial charge in [0.1, 0.15) is 6.10 Å². The number of hydrogen-bond donors (Lipinski definition) is 0. The summed E-state index contributed by atoms with van der Waals surface area (Å²) in [5, 5.41) is 0. The van der Waals surface area contributed by atoms with Crippen LogP contribution in [0.1, 0.15) is 57.1 Å². The van der Waals surface area contributed by atoms with Gasteiger partial charge >= 0.3 is 0 Å². The predicted molar refractivity (Wildman–Crippen MR) is 128 cm³/mol. The lowest BCUT2D eigenvalue weighted by Gasteiger charge is -2.40. The molecule has 1 fully saturated rings. The normalized spacial score (nSPS) is 24.2. The highest BCUT2D eigenvalue weighted by Crippen LogP contribution is 2.28. The summed E-state index contributed by atoms with van der Waals surface area (Å²) in [5.41, 5.74) is 2.30. The minimum absolute atomic E-state index is 0.0428. The van der Waals surface area contributed by atoms with Crippen LogP contribution in [-0.2, 0) is 32.2 Å². The molecule has 174 valence electrons. The van der Waals surface area contributed by atoms with Gasteiger partial charge in [-0.1, -0.05) is 73.2 Å². The van der Waals surface area contributed by atoms with Gasteiger partial charge in [0, 0.05) is 6.42 Å². The van der Waals surface area contributed by atoms with E-state index < -0.39 is 0 Å². The summed E-state index contributed by atoms with van der Waals surface area (Å²) < 4.78 is 25.2. The SMILES string of the molecule is C=CCCCC[C@@H](C)O[C@@H]1O[C@@H](C)[C@H](OCc2ccccc2)C[C@H]1OCc1ccccc1. The molecule has 0 radical (unpaired) electrons. The molecule has 1 aliphatic heterocycles. The molecule has 0 saturated carbocycles. The number of unbranched alkanes of at least 4 members (excludes halogenated alkanes) is 2. The Morgan fingerprint density at radius 2 is 1.53 bits per heavy atom. The third-order valence-corrected chi connectivity index (χ3v) is 5.89. The lowest BCUT2D eigenvalue weighted by atomic mass is 10.0. The highest BCUT2D eigenvalue weighted by Gasteiger charge is 2.38. The van der Waals surface area contributed by atoms with Gasteiger partial charge in [0.2, 0.25) is 0 Å². The third-order valence-electron chi connectivity index (χ3n) is 5.89. The van der Waals surface area contributed by atoms with Gasteiger partial charge in [0.15, 0.2) is 6.29 Å². The van der Waals surface area contributed by atoms with Crippen LogP contribution in [0.15, 0.2) is 73.3 Å². The van der Waals surface area contributed by atoms with Gasteiger partial charge in [-0.25, -0.2) is 0 Å². The van der Waals surface area contributed by atoms with Crippen LogP contribution >= 0.6 is 0 Å². The predicted octanol–water partition coefficient (Wildman–Crippen LogP) is 6.44. The number of ether oxygens (including phenoxy) is 4. The molecule has 2 aromatic carbocycles. The molecule has 4 heteroatoms. The third kappa shape index (κ3) is 8.18. The molecule has 4 nitrogen and oxygen atoms in total. The molecule has 3 rings (SSSR count). The maximum atomic E-state index is 6.33. The maximum absolute atomic E-state index is 6.33. The smallest absolute Gasteiger partial charge is 0.184 e. The first-order valence-electron chi connectivity index (χ1n) is 11.9. The zero-order chi connectivity index (χ0) is 22.6. The monoisotopic (exact) mass is 438 g/mol. The average Bonchev–Trinajstić information content (AvgIpc) is 2.82. The molecule has 1 saturated heterocycles. The molecule has 0 amide bonds. The van der Waals surface area contributed by atoms with E-state index in [9.17, 15) is 0 Å². The van der Waals surface area contributed by atoms with Gasteiger partial charge in [-0.05, 0) is 44.2 Å². The van der Waals surface area contributed by atoms with E-state index in [1.54, 1.807) is 0 Å². The Hall–Kier alpha value is -1.98. The van der Waals surface area contributed by atoms with E-state index in [0.29, 0.717) is 13.2 Å². The molecule has 0 aromatic heterocycles. The van der Waals surface area contributed by atoms with Crippen molar-refractivity contribution in [1.82, 2.24) is 0 Å². The van der Waals surface area contributed by atoms with Gasteiger partial charge in [0.25, 0.3) is 0 Å². The fraction of sp³-hybridized carbons (Fsp3) is 0.500. The summed E-state index contributed by atoms with van der Waals surface area (Å²) in [6, 6.07) is 20.5. The van der Waals surface area contributed by atoms with Crippen molar-refractivity contribution in [3.05, 3.63) is 84.4 Å². The molecule has 5 atom stereocenters. The maximum Gasteiger partial charge on any atom is 0.184 e. The van der Waals surface area contributed by atoms with Gasteiger partial charge in [-0.15, -0.1) is 6.58 Å². The van der Waals surface area contributed by atoms with Gasteiger partial charge < -0.3 is 18.9 Å². The van der Waals surface area contributed by atoms with E-state index in [4.69, 9.17) is 18.9 Å². The summed E-state index contributed by atoms with van der Waals surface area (Å²) >= 11 is 0. The van der Waals surface area contributed by atoms with Crippen molar-refractivity contribution >= 4 is 0 Å². The second kappa shape index (κ2) is 13.5. The number of benzene rings is 2. The van der Waals surface area contributed by atoms with Crippen molar-refractivity contribution < 1.29 is 18.9 Å². The van der Waals surface area contributed by atoms with Crippen LogP contribution in [0.5, 0.6) is 0 Å². The highest BCUT2D eigenvalue weighted by atomic mass is 16.7. The van der Waals surface area contributed by atoms with Crippen LogP contribution in [-0.4, -0.2) is 30.7 Å². The first-order valence-corrected chi connectivity index (χ1v) is 11.9. The average molecular weight is 439 g/mol. The Balaban J connectivity index is 1.58. The lowest BCUT2D eigenvalue weighted by Crippen LogP contribution is -2.50. The number of hydrogen-bond acceptors (Lipinski definition) is 4. The Morgan fingerprint density at radius 3 is 2.12 bits per heavy atom. The molecule has 1 heterocycles. The second-order valence-electron chi connectivity index (χ2n) is 8.64. The van der Waals surface area contributed by atoms with E-state index in [-0.39, 0.29) is 30.7 Å². The minimum atomic E-state index is -0.389. The molecule has 2 aromatic rings. The molecule has 0 unspecified atom stereocenters. The number of allylic oxidation sites excluding steroid dienone is 1. The zero-order valence-electron chi connectivity index (χ0n) is 19.5. The van der Waals surface area contributed by atoms with Crippen molar-refractivity contribution in [3.63, 3.8) is 0 Å². The molecule has 1 aliphatic rings. The Kier molecular flexibility index (Phi) is 10.4. The first kappa shape index (κ1) is 24.7. The van der Waals surface area contributed by atoms with E-state index >= 15 is 0 Å². The summed E-state index contributed by atoms with van der Waals surface area (Å²) in [5.74, 6) is 0. The Bertz CT molecular complexity index is 764. The highest BCUT2D eigenvalue weighted by molar-refractivity contribution is 5.14. The van der Waals surface area contributed by atoms with Crippen LogP contribution in [0.3, 0.4) is 0 Å². The van der Waals surface area contributed by atoms with E-state index in [2.05, 4.69) is 44.7 Å². The topological polar surface area (TPSA) is 36.9 Å². The van der Waals surface area contributed by atoms with Crippen LogP contribution in [0.4, 0.5) is 0 Å². The molecular weight excluding hydrogens is 400 g/mol. The van der Waals surface area contributed by atoms with E-state index in [1.165, 1.54) is 0 Å². The van der Waals surface area contributed by atoms with Crippen LogP contribution in [0, 0.1) is 0 Å². The standard InChI is InChI=1S/C28H38O4/c1-4-5-6-9-14-22(2)31-28-27(30-21-25-17-12-8-13-18-25)19-26(23(3)32-28)29-20-24-15-10-7-11-16-24/h4,7-8,10-13,15-18,22-23,26-28H,1,5-6,9,14,19-21H2,2-3H3/t22-,23+,26-,27-,28-/m1/s1. The van der Waals surface area contributed by atoms with Crippen molar-refractivity contribution in [2.75, 3.05) is 0 Å². The van der Waals surface area contributed by atoms with Gasteiger partial charge in [-0.2, -0.15) is 0 Å². The molecule has 0 spiro atoms. The molecular formula is C28H38O4. The first-order chi connectivity index (χ1) is 15.7. The quantitative estimate of drug-likeness (QED) is 0.266. The summed E-state index contributed by atoms with van der Waals surface area (Å²) in [4.78, 5) is 0. The van der Waals surface area contributed by atoms with Crippen LogP contribution in [0.2, 0.25) is 0 Å². The van der Waals surface area contributed by atoms with E-state index in [1.807, 2.05) is 42.5 Å². The summed E-state index contributed by atoms with van der Waals surface area (Å²) in [6.07, 6.45) is 6.47. The van der Waals surface area contributed by atoms with Crippen molar-refractivity contribution in [2.45, 2.75) is 89.9 Å². The lowest BCUT2D eigenvalue weighted by molar-refractivity contribution is -0.290. The van der Waals surface area contributed by atoms with Crippen molar-refractivity contribution in [2.24, 2.45) is 0 Å². The molecule has 0 N–H and O–H groups in total. The molecule has 0 bridgehead atoms. The second-order valence-corrected chi connectivity index (χ2v) is 8.64. The van der Waals surface area contributed by atoms with Crippen molar-refractivity contribution in [3.8, 4) is 0 Å². The Morgan fingerprint density at radius 1 is 0.938 bits per heavy atom. The Labute approximate surface area is 193 Å². The van der Waals surface area contributed by atoms with E-state index in [0.717, 1.165) is 43.2 Å². The van der Waals surface area contributed by atoms with Gasteiger partial charge in [0.05, 0.1) is 31.5 Å². The number of rotatable bonds is 13. The van der Waals surface area contributed by atoms with Crippen LogP contribution < -0.4 is 0 Å². The van der Waals surface area contributed by atoms with Crippen LogP contribution in [0.25, 0.3) is 0 Å². The molecule has 32 heavy (non-hydrogen) atoms. The summed E-state index contributed by atoms with van der Waals surface area (Å²) in [6.45, 7) is 9.07. The minimum Gasteiger partial charge on any atom is -0.371 e. The fourth-order valence-electron chi connectivity index (χ4n) is 3.96. The molecule has 0 aliphatic carbocycles. The fourth-order valence-corrected chi connectivity index (χ4v) is 3.96. The largest absolute Gasteiger partial charge is 0.371 e. The zero-order valence-corrected chi connectivity index (χ0v) is 19.5. The van der Waals surface area contributed by atoms with Gasteiger partial charge in [-0.3, -0.25) is 0 Å².